The molecule has 0 amide bonds. The van der Waals surface area contributed by atoms with Crippen molar-refractivity contribution in [2.45, 2.75) is 97.0 Å². The van der Waals surface area contributed by atoms with Crippen LogP contribution in [0.2, 0.25) is 0 Å². The van der Waals surface area contributed by atoms with Crippen LogP contribution in [0.4, 0.5) is 0 Å². The fourth-order valence-electron chi connectivity index (χ4n) is 5.26. The van der Waals surface area contributed by atoms with Gasteiger partial charge in [-0.2, -0.15) is 0 Å². The molecule has 0 aliphatic rings. The predicted molar refractivity (Wildman–Crippen MR) is 169 cm³/mol. The predicted octanol–water partition coefficient (Wildman–Crippen LogP) is 9.39. The third kappa shape index (κ3) is 11.1. The molecule has 3 aromatic rings. The number of ether oxygens (including phenoxy) is 1. The lowest BCUT2D eigenvalue weighted by Crippen LogP contribution is -2.31. The molecule has 1 N–H and O–H groups in total. The first-order valence-corrected chi connectivity index (χ1v) is 15.1. The van der Waals surface area contributed by atoms with Crippen molar-refractivity contribution in [1.82, 2.24) is 9.88 Å². The molecule has 2 aromatic carbocycles. The standard InChI is InChI=1S/C34H50N2O2.ClH/c1-4-6-8-10-12-17-23-36(24-18-13-11-9-7-5-2)27-34(37)31-26-33(28-19-15-14-16-20-28)35-32-22-21-29(38-3)25-30(31)32;/h14-16,19-22,25-26,34,37H,4-13,17-18,23-24,27H2,1-3H3;1H. The minimum absolute atomic E-state index is 0. The van der Waals surface area contributed by atoms with E-state index in [1.807, 2.05) is 36.4 Å². The zero-order valence-electron chi connectivity index (χ0n) is 24.5. The van der Waals surface area contributed by atoms with Gasteiger partial charge in [0.15, 0.2) is 0 Å². The summed E-state index contributed by atoms with van der Waals surface area (Å²) in [5, 5.41) is 12.6. The number of pyridine rings is 1. The van der Waals surface area contributed by atoms with E-state index < -0.39 is 6.10 Å². The number of rotatable bonds is 19. The smallest absolute Gasteiger partial charge is 0.119 e. The summed E-state index contributed by atoms with van der Waals surface area (Å²) in [5.74, 6) is 0.788. The van der Waals surface area contributed by atoms with E-state index in [2.05, 4.69) is 36.9 Å². The molecule has 1 atom stereocenters. The number of unbranched alkanes of at least 4 members (excludes halogenated alkanes) is 10. The lowest BCUT2D eigenvalue weighted by Gasteiger charge is -2.26. The molecule has 0 bridgehead atoms. The first-order chi connectivity index (χ1) is 18.7. The summed E-state index contributed by atoms with van der Waals surface area (Å²) in [6.45, 7) is 7.29. The summed E-state index contributed by atoms with van der Waals surface area (Å²) in [6, 6.07) is 18.3. The Kier molecular flexibility index (Phi) is 16.1. The third-order valence-corrected chi connectivity index (χ3v) is 7.56. The van der Waals surface area contributed by atoms with E-state index in [-0.39, 0.29) is 12.4 Å². The monoisotopic (exact) mass is 554 g/mol. The van der Waals surface area contributed by atoms with Crippen molar-refractivity contribution < 1.29 is 9.84 Å². The van der Waals surface area contributed by atoms with Crippen molar-refractivity contribution in [1.29, 1.82) is 0 Å². The highest BCUT2D eigenvalue weighted by atomic mass is 35.5. The maximum Gasteiger partial charge on any atom is 0.119 e. The average Bonchev–Trinajstić information content (AvgIpc) is 2.95. The average molecular weight is 555 g/mol. The zero-order chi connectivity index (χ0) is 27.0. The van der Waals surface area contributed by atoms with Crippen molar-refractivity contribution in [2.75, 3.05) is 26.7 Å². The SMILES string of the molecule is CCCCCCCCN(CCCCCCCC)CC(O)c1cc(-c2ccccc2)nc2ccc(OC)cc12.Cl. The Hall–Kier alpha value is -2.14. The molecule has 0 aliphatic carbocycles. The molecule has 39 heavy (non-hydrogen) atoms. The van der Waals surface area contributed by atoms with E-state index in [1.54, 1.807) is 7.11 Å². The van der Waals surface area contributed by atoms with Crippen molar-refractivity contribution in [2.24, 2.45) is 0 Å². The van der Waals surface area contributed by atoms with Crippen molar-refractivity contribution >= 4 is 23.3 Å². The van der Waals surface area contributed by atoms with Crippen LogP contribution >= 0.6 is 12.4 Å². The zero-order valence-corrected chi connectivity index (χ0v) is 25.4. The van der Waals surface area contributed by atoms with Gasteiger partial charge in [-0.25, -0.2) is 4.98 Å². The number of hydrogen-bond acceptors (Lipinski definition) is 4. The minimum Gasteiger partial charge on any atom is -0.497 e. The number of aliphatic hydroxyl groups excluding tert-OH is 1. The molecular formula is C34H51ClN2O2. The number of aliphatic hydroxyl groups is 1. The van der Waals surface area contributed by atoms with E-state index in [0.29, 0.717) is 6.54 Å². The largest absolute Gasteiger partial charge is 0.497 e. The van der Waals surface area contributed by atoms with E-state index in [9.17, 15) is 5.11 Å². The van der Waals surface area contributed by atoms with Crippen LogP contribution in [0.25, 0.3) is 22.2 Å². The lowest BCUT2D eigenvalue weighted by atomic mass is 9.99. The first-order valence-electron chi connectivity index (χ1n) is 15.1. The van der Waals surface area contributed by atoms with Crippen LogP contribution < -0.4 is 4.74 Å². The molecule has 3 rings (SSSR count). The number of nitrogens with zero attached hydrogens (tertiary/aromatic N) is 2. The second-order valence-corrected chi connectivity index (χ2v) is 10.7. The number of halogens is 1. The Morgan fingerprint density at radius 3 is 1.95 bits per heavy atom. The number of aromatic nitrogens is 1. The number of hydrogen-bond donors (Lipinski definition) is 1. The van der Waals surface area contributed by atoms with Crippen molar-refractivity contribution in [3.05, 3.63) is 60.2 Å². The normalized spacial score (nSPS) is 12.0. The van der Waals surface area contributed by atoms with Crippen LogP contribution in [0.3, 0.4) is 0 Å². The first kappa shape index (κ1) is 33.1. The van der Waals surface area contributed by atoms with Gasteiger partial charge in [-0.1, -0.05) is 108 Å². The second-order valence-electron chi connectivity index (χ2n) is 10.7. The maximum absolute atomic E-state index is 11.7. The van der Waals surface area contributed by atoms with Gasteiger partial charge in [0, 0.05) is 17.5 Å². The van der Waals surface area contributed by atoms with Crippen molar-refractivity contribution in [3.63, 3.8) is 0 Å². The van der Waals surface area contributed by atoms with Crippen molar-refractivity contribution in [3.8, 4) is 17.0 Å². The van der Waals surface area contributed by atoms with Crippen LogP contribution in [0, 0.1) is 0 Å². The van der Waals surface area contributed by atoms with Gasteiger partial charge in [0.1, 0.15) is 5.75 Å². The number of benzene rings is 2. The molecule has 0 aliphatic heterocycles. The fourth-order valence-corrected chi connectivity index (χ4v) is 5.26. The molecule has 0 spiro atoms. The summed E-state index contributed by atoms with van der Waals surface area (Å²) in [7, 11) is 1.69. The Morgan fingerprint density at radius 2 is 1.36 bits per heavy atom. The summed E-state index contributed by atoms with van der Waals surface area (Å²) in [5.41, 5.74) is 3.79. The maximum atomic E-state index is 11.7. The quantitative estimate of drug-likeness (QED) is 0.150. The number of fused-ring (bicyclic) bond motifs is 1. The summed E-state index contributed by atoms with van der Waals surface area (Å²) in [6.07, 6.45) is 14.9. The van der Waals surface area contributed by atoms with Crippen LogP contribution in [0.5, 0.6) is 5.75 Å². The Balaban J connectivity index is 0.00000533. The van der Waals surface area contributed by atoms with Gasteiger partial charge in [-0.05, 0) is 55.8 Å². The summed E-state index contributed by atoms with van der Waals surface area (Å²) in [4.78, 5) is 7.43. The molecule has 0 saturated carbocycles. The Morgan fingerprint density at radius 1 is 0.769 bits per heavy atom. The highest BCUT2D eigenvalue weighted by molar-refractivity contribution is 5.87. The molecule has 1 heterocycles. The molecule has 0 saturated heterocycles. The van der Waals surface area contributed by atoms with Gasteiger partial charge in [-0.3, -0.25) is 0 Å². The molecule has 0 radical (unpaired) electrons. The molecule has 216 valence electrons. The summed E-state index contributed by atoms with van der Waals surface area (Å²) < 4.78 is 5.52. The van der Waals surface area contributed by atoms with Crippen LogP contribution in [-0.2, 0) is 0 Å². The number of methoxy groups -OCH3 is 1. The van der Waals surface area contributed by atoms with E-state index in [4.69, 9.17) is 9.72 Å². The molecule has 1 unspecified atom stereocenters. The molecular weight excluding hydrogens is 504 g/mol. The molecule has 4 nitrogen and oxygen atoms in total. The van der Waals surface area contributed by atoms with Gasteiger partial charge in [0.2, 0.25) is 0 Å². The molecule has 5 heteroatoms. The van der Waals surface area contributed by atoms with Crippen LogP contribution in [0.1, 0.15) is 103 Å². The Bertz CT molecular complexity index is 1040. The Labute approximate surface area is 243 Å². The van der Waals surface area contributed by atoms with Gasteiger partial charge in [0.25, 0.3) is 0 Å². The van der Waals surface area contributed by atoms with Gasteiger partial charge in [-0.15, -0.1) is 12.4 Å². The van der Waals surface area contributed by atoms with Gasteiger partial charge >= 0.3 is 0 Å². The van der Waals surface area contributed by atoms with E-state index >= 15 is 0 Å². The lowest BCUT2D eigenvalue weighted by molar-refractivity contribution is 0.111. The highest BCUT2D eigenvalue weighted by Crippen LogP contribution is 2.31. The van der Waals surface area contributed by atoms with Crippen LogP contribution in [0.15, 0.2) is 54.6 Å². The van der Waals surface area contributed by atoms with E-state index in [0.717, 1.165) is 46.6 Å². The topological polar surface area (TPSA) is 45.6 Å². The van der Waals surface area contributed by atoms with E-state index in [1.165, 1.54) is 77.0 Å². The molecule has 0 fully saturated rings. The second kappa shape index (κ2) is 19.0. The van der Waals surface area contributed by atoms with Gasteiger partial charge < -0.3 is 14.7 Å². The van der Waals surface area contributed by atoms with Gasteiger partial charge in [0.05, 0.1) is 24.4 Å². The fraction of sp³-hybridized carbons (Fsp3) is 0.559. The van der Waals surface area contributed by atoms with Crippen LogP contribution in [-0.4, -0.2) is 41.7 Å². The molecule has 1 aromatic heterocycles. The third-order valence-electron chi connectivity index (χ3n) is 7.56. The highest BCUT2D eigenvalue weighted by Gasteiger charge is 2.19. The summed E-state index contributed by atoms with van der Waals surface area (Å²) >= 11 is 0. The minimum atomic E-state index is -0.588.